The molecule has 128 valence electrons. The Morgan fingerprint density at radius 3 is 2.43 bits per heavy atom. The highest BCUT2D eigenvalue weighted by Gasteiger charge is 2.28. The molecule has 0 aromatic heterocycles. The van der Waals surface area contributed by atoms with Gasteiger partial charge in [0.05, 0.1) is 12.7 Å². The number of hydrogen-bond acceptors (Lipinski definition) is 3. The zero-order valence-corrected chi connectivity index (χ0v) is 14.9. The van der Waals surface area contributed by atoms with Gasteiger partial charge in [-0.2, -0.15) is 0 Å². The van der Waals surface area contributed by atoms with Gasteiger partial charge in [0.2, 0.25) is 0 Å². The van der Waals surface area contributed by atoms with E-state index in [9.17, 15) is 0 Å². The number of benzene rings is 1. The fourth-order valence-electron chi connectivity index (χ4n) is 3.46. The van der Waals surface area contributed by atoms with Crippen molar-refractivity contribution >= 4 is 0 Å². The average molecular weight is 317 g/mol. The van der Waals surface area contributed by atoms with E-state index in [1.165, 1.54) is 37.1 Å². The zero-order chi connectivity index (χ0) is 16.3. The van der Waals surface area contributed by atoms with Crippen LogP contribution in [-0.4, -0.2) is 43.5 Å². The molecule has 3 rings (SSSR count). The summed E-state index contributed by atoms with van der Waals surface area (Å²) in [6.07, 6.45) is 4.88. The van der Waals surface area contributed by atoms with E-state index in [2.05, 4.69) is 49.9 Å². The van der Waals surface area contributed by atoms with Gasteiger partial charge in [0.25, 0.3) is 0 Å². The maximum Gasteiger partial charge on any atom is 0.158 e. The molecule has 2 atom stereocenters. The van der Waals surface area contributed by atoms with E-state index in [0.29, 0.717) is 0 Å². The summed E-state index contributed by atoms with van der Waals surface area (Å²) in [7, 11) is 0. The highest BCUT2D eigenvalue weighted by Crippen LogP contribution is 2.23. The molecule has 2 saturated heterocycles. The van der Waals surface area contributed by atoms with Gasteiger partial charge in [0.15, 0.2) is 6.29 Å². The van der Waals surface area contributed by atoms with Gasteiger partial charge in [-0.15, -0.1) is 0 Å². The van der Waals surface area contributed by atoms with Crippen molar-refractivity contribution in [2.24, 2.45) is 0 Å². The van der Waals surface area contributed by atoms with Gasteiger partial charge in [-0.05, 0) is 48.9 Å². The van der Waals surface area contributed by atoms with Crippen LogP contribution in [0.3, 0.4) is 0 Å². The molecule has 23 heavy (non-hydrogen) atoms. The molecule has 2 aliphatic heterocycles. The molecule has 0 N–H and O–H groups in total. The van der Waals surface area contributed by atoms with Gasteiger partial charge in [-0.3, -0.25) is 0 Å². The summed E-state index contributed by atoms with van der Waals surface area (Å²) in [5.74, 6) is 0. The van der Waals surface area contributed by atoms with Crippen LogP contribution in [0.2, 0.25) is 0 Å². The standard InChI is InChI=1S/C20H31NO2/c1-20(2,3)17-9-6-16(7-10-17)8-11-19-22-15-18(23-19)14-21-12-4-5-13-21/h6-7,9-10,18-19H,4-5,8,11-15H2,1-3H3/t18-,19+/m1/s1. The summed E-state index contributed by atoms with van der Waals surface area (Å²) in [5.41, 5.74) is 2.98. The average Bonchev–Trinajstić information content (AvgIpc) is 3.17. The lowest BCUT2D eigenvalue weighted by Crippen LogP contribution is -2.31. The molecule has 0 unspecified atom stereocenters. The lowest BCUT2D eigenvalue weighted by Gasteiger charge is -2.19. The second-order valence-corrected chi connectivity index (χ2v) is 8.01. The Bertz CT molecular complexity index is 485. The fourth-order valence-corrected chi connectivity index (χ4v) is 3.46. The largest absolute Gasteiger partial charge is 0.350 e. The molecule has 0 spiro atoms. The Labute approximate surface area is 141 Å². The summed E-state index contributed by atoms with van der Waals surface area (Å²) in [6, 6.07) is 9.00. The quantitative estimate of drug-likeness (QED) is 0.825. The lowest BCUT2D eigenvalue weighted by molar-refractivity contribution is -0.0647. The van der Waals surface area contributed by atoms with Crippen LogP contribution in [0.15, 0.2) is 24.3 Å². The van der Waals surface area contributed by atoms with Crippen molar-refractivity contribution in [3.8, 4) is 0 Å². The van der Waals surface area contributed by atoms with Gasteiger partial charge in [0.1, 0.15) is 0 Å². The molecule has 0 amide bonds. The van der Waals surface area contributed by atoms with Crippen molar-refractivity contribution in [3.63, 3.8) is 0 Å². The van der Waals surface area contributed by atoms with Crippen molar-refractivity contribution in [1.82, 2.24) is 4.90 Å². The van der Waals surface area contributed by atoms with E-state index in [1.807, 2.05) is 0 Å². The topological polar surface area (TPSA) is 21.7 Å². The summed E-state index contributed by atoms with van der Waals surface area (Å²) in [4.78, 5) is 2.50. The van der Waals surface area contributed by atoms with Gasteiger partial charge in [-0.1, -0.05) is 45.0 Å². The number of hydrogen-bond donors (Lipinski definition) is 0. The Hall–Kier alpha value is -0.900. The van der Waals surface area contributed by atoms with Crippen LogP contribution in [0, 0.1) is 0 Å². The Kier molecular flexibility index (Phi) is 5.40. The summed E-state index contributed by atoms with van der Waals surface area (Å²) >= 11 is 0. The molecule has 0 aliphatic carbocycles. The minimum Gasteiger partial charge on any atom is -0.350 e. The summed E-state index contributed by atoms with van der Waals surface area (Å²) in [6.45, 7) is 11.0. The SMILES string of the molecule is CC(C)(C)c1ccc(CC[C@H]2OC[C@@H](CN3CCCC3)O2)cc1. The fraction of sp³-hybridized carbons (Fsp3) is 0.700. The van der Waals surface area contributed by atoms with Gasteiger partial charge in [-0.25, -0.2) is 0 Å². The Balaban J connectivity index is 1.42. The lowest BCUT2D eigenvalue weighted by atomic mass is 9.86. The van der Waals surface area contributed by atoms with Crippen LogP contribution in [0.4, 0.5) is 0 Å². The van der Waals surface area contributed by atoms with Gasteiger partial charge in [0, 0.05) is 13.0 Å². The third-order valence-electron chi connectivity index (χ3n) is 4.96. The zero-order valence-electron chi connectivity index (χ0n) is 14.9. The van der Waals surface area contributed by atoms with Crippen molar-refractivity contribution < 1.29 is 9.47 Å². The molecular formula is C20H31NO2. The third-order valence-corrected chi connectivity index (χ3v) is 4.96. The van der Waals surface area contributed by atoms with Crippen LogP contribution in [0.1, 0.15) is 51.2 Å². The van der Waals surface area contributed by atoms with Crippen LogP contribution < -0.4 is 0 Å². The number of likely N-dealkylation sites (tertiary alicyclic amines) is 1. The molecule has 3 heteroatoms. The molecule has 0 radical (unpaired) electrons. The van der Waals surface area contributed by atoms with Crippen LogP contribution in [-0.2, 0) is 21.3 Å². The van der Waals surface area contributed by atoms with E-state index in [4.69, 9.17) is 9.47 Å². The summed E-state index contributed by atoms with van der Waals surface area (Å²) < 4.78 is 11.9. The van der Waals surface area contributed by atoms with Crippen molar-refractivity contribution in [2.45, 2.75) is 64.3 Å². The number of nitrogens with zero attached hydrogens (tertiary/aromatic N) is 1. The number of aryl methyl sites for hydroxylation is 1. The van der Waals surface area contributed by atoms with Crippen molar-refractivity contribution in [1.29, 1.82) is 0 Å². The second kappa shape index (κ2) is 7.33. The van der Waals surface area contributed by atoms with E-state index < -0.39 is 0 Å². The second-order valence-electron chi connectivity index (χ2n) is 8.01. The molecule has 0 bridgehead atoms. The first-order valence-corrected chi connectivity index (χ1v) is 9.09. The van der Waals surface area contributed by atoms with Crippen LogP contribution in [0.5, 0.6) is 0 Å². The predicted molar refractivity (Wildman–Crippen MR) is 93.8 cm³/mol. The molecule has 2 fully saturated rings. The molecule has 2 heterocycles. The smallest absolute Gasteiger partial charge is 0.158 e. The monoisotopic (exact) mass is 317 g/mol. The molecule has 2 aliphatic rings. The highest BCUT2D eigenvalue weighted by molar-refractivity contribution is 5.27. The highest BCUT2D eigenvalue weighted by atomic mass is 16.7. The predicted octanol–water partition coefficient (Wildman–Crippen LogP) is 3.75. The molecule has 3 nitrogen and oxygen atoms in total. The normalized spacial score (nSPS) is 26.0. The van der Waals surface area contributed by atoms with Crippen LogP contribution >= 0.6 is 0 Å². The summed E-state index contributed by atoms with van der Waals surface area (Å²) in [5, 5.41) is 0. The number of ether oxygens (including phenoxy) is 2. The molecule has 1 aromatic carbocycles. The van der Waals surface area contributed by atoms with E-state index in [-0.39, 0.29) is 17.8 Å². The number of rotatable bonds is 5. The van der Waals surface area contributed by atoms with Gasteiger partial charge < -0.3 is 14.4 Å². The Morgan fingerprint density at radius 2 is 1.78 bits per heavy atom. The van der Waals surface area contributed by atoms with Gasteiger partial charge >= 0.3 is 0 Å². The third kappa shape index (κ3) is 4.79. The molecular weight excluding hydrogens is 286 g/mol. The maximum atomic E-state index is 6.06. The van der Waals surface area contributed by atoms with Crippen LogP contribution in [0.25, 0.3) is 0 Å². The molecule has 1 aromatic rings. The van der Waals surface area contributed by atoms with E-state index in [1.54, 1.807) is 0 Å². The van der Waals surface area contributed by atoms with Crippen molar-refractivity contribution in [2.75, 3.05) is 26.2 Å². The van der Waals surface area contributed by atoms with E-state index in [0.717, 1.165) is 26.0 Å². The first-order chi connectivity index (χ1) is 11.0. The minimum absolute atomic E-state index is 0.0232. The van der Waals surface area contributed by atoms with Crippen molar-refractivity contribution in [3.05, 3.63) is 35.4 Å². The Morgan fingerprint density at radius 1 is 1.09 bits per heavy atom. The minimum atomic E-state index is -0.0232. The van der Waals surface area contributed by atoms with E-state index >= 15 is 0 Å². The molecule has 0 saturated carbocycles. The first kappa shape index (κ1) is 16.9. The maximum absolute atomic E-state index is 6.06. The first-order valence-electron chi connectivity index (χ1n) is 9.09.